The summed E-state index contributed by atoms with van der Waals surface area (Å²) in [6.07, 6.45) is 7.20. The molecule has 2 aromatic rings. The maximum absolute atomic E-state index is 11.3. The summed E-state index contributed by atoms with van der Waals surface area (Å²) in [5, 5.41) is 9.98. The molecule has 20 heavy (non-hydrogen) atoms. The molecule has 0 radical (unpaired) electrons. The number of carbonyl (C=O) groups is 1. The Morgan fingerprint density at radius 1 is 1.40 bits per heavy atom. The summed E-state index contributed by atoms with van der Waals surface area (Å²) in [5.74, 6) is -0.0717. The smallest absolute Gasteiger partial charge is 0.241 e. The van der Waals surface area contributed by atoms with E-state index in [2.05, 4.69) is 39.1 Å². The molecule has 0 aromatic carbocycles. The molecule has 0 aliphatic heterocycles. The van der Waals surface area contributed by atoms with Crippen LogP contribution in [0.4, 0.5) is 5.69 Å². The first-order chi connectivity index (χ1) is 9.60. The lowest BCUT2D eigenvalue weighted by molar-refractivity contribution is -0.121. The zero-order valence-electron chi connectivity index (χ0n) is 12.0. The largest absolute Gasteiger partial charge is 0.377 e. The van der Waals surface area contributed by atoms with Gasteiger partial charge in [0.05, 0.1) is 30.5 Å². The molecule has 2 rings (SSSR count). The fraction of sp³-hybridized carbons (Fsp3) is 0.462. The minimum absolute atomic E-state index is 0.0717. The summed E-state index contributed by atoms with van der Waals surface area (Å²) in [6, 6.07) is 0.380. The van der Waals surface area contributed by atoms with E-state index in [1.807, 2.05) is 18.7 Å². The van der Waals surface area contributed by atoms with E-state index in [1.165, 1.54) is 0 Å². The van der Waals surface area contributed by atoms with Gasteiger partial charge >= 0.3 is 0 Å². The summed E-state index contributed by atoms with van der Waals surface area (Å²) in [4.78, 5) is 15.4. The Bertz CT molecular complexity index is 571. The van der Waals surface area contributed by atoms with Gasteiger partial charge in [-0.3, -0.25) is 9.48 Å². The van der Waals surface area contributed by atoms with Gasteiger partial charge in [0, 0.05) is 25.5 Å². The molecule has 7 heteroatoms. The molecule has 2 N–H and O–H groups in total. The van der Waals surface area contributed by atoms with Crippen LogP contribution in [-0.4, -0.2) is 32.3 Å². The minimum atomic E-state index is -0.0717. The lowest BCUT2D eigenvalue weighted by Crippen LogP contribution is -2.23. The predicted octanol–water partition coefficient (Wildman–Crippen LogP) is 1.02. The van der Waals surface area contributed by atoms with Gasteiger partial charge in [-0.25, -0.2) is 4.98 Å². The molecule has 2 aromatic heterocycles. The highest BCUT2D eigenvalue weighted by Gasteiger charge is 2.06. The second-order valence-corrected chi connectivity index (χ2v) is 4.84. The number of nitrogens with zero attached hydrogens (tertiary/aromatic N) is 4. The second kappa shape index (κ2) is 6.23. The van der Waals surface area contributed by atoms with Crippen LogP contribution < -0.4 is 10.6 Å². The first kappa shape index (κ1) is 14.1. The van der Waals surface area contributed by atoms with Gasteiger partial charge in [0.15, 0.2) is 0 Å². The molecule has 0 aliphatic rings. The Morgan fingerprint density at radius 2 is 2.20 bits per heavy atom. The van der Waals surface area contributed by atoms with Crippen LogP contribution >= 0.6 is 0 Å². The zero-order valence-corrected chi connectivity index (χ0v) is 12.0. The summed E-state index contributed by atoms with van der Waals surface area (Å²) >= 11 is 0. The van der Waals surface area contributed by atoms with E-state index >= 15 is 0 Å². The average molecular weight is 276 g/mol. The van der Waals surface area contributed by atoms with E-state index in [4.69, 9.17) is 0 Å². The molecule has 2 heterocycles. The number of nitrogens with one attached hydrogen (secondary N) is 2. The number of amides is 1. The number of anilines is 1. The molecule has 0 saturated carbocycles. The lowest BCUT2D eigenvalue weighted by Gasteiger charge is -2.12. The Morgan fingerprint density at radius 3 is 2.90 bits per heavy atom. The number of rotatable bonds is 6. The Balaban J connectivity index is 1.94. The topological polar surface area (TPSA) is 76.8 Å². The molecule has 0 atom stereocenters. The monoisotopic (exact) mass is 276 g/mol. The quantitative estimate of drug-likeness (QED) is 0.826. The van der Waals surface area contributed by atoms with Crippen LogP contribution in [0.3, 0.4) is 0 Å². The van der Waals surface area contributed by atoms with E-state index in [1.54, 1.807) is 17.9 Å². The average Bonchev–Trinajstić information content (AvgIpc) is 3.04. The van der Waals surface area contributed by atoms with Crippen molar-refractivity contribution in [1.29, 1.82) is 0 Å². The van der Waals surface area contributed by atoms with E-state index in [0.29, 0.717) is 12.6 Å². The summed E-state index contributed by atoms with van der Waals surface area (Å²) in [6.45, 7) is 5.13. The normalized spacial score (nSPS) is 10.8. The van der Waals surface area contributed by atoms with Crippen molar-refractivity contribution in [3.63, 3.8) is 0 Å². The van der Waals surface area contributed by atoms with Crippen molar-refractivity contribution in [2.24, 2.45) is 0 Å². The van der Waals surface area contributed by atoms with Crippen molar-refractivity contribution in [1.82, 2.24) is 24.6 Å². The fourth-order valence-electron chi connectivity index (χ4n) is 1.89. The first-order valence-electron chi connectivity index (χ1n) is 6.57. The zero-order chi connectivity index (χ0) is 14.5. The van der Waals surface area contributed by atoms with Crippen LogP contribution in [0.2, 0.25) is 0 Å². The summed E-state index contributed by atoms with van der Waals surface area (Å²) in [7, 11) is 1.61. The molecule has 1 amide bonds. The summed E-state index contributed by atoms with van der Waals surface area (Å²) < 4.78 is 3.71. The molecule has 0 fully saturated rings. The number of imidazole rings is 1. The van der Waals surface area contributed by atoms with Crippen LogP contribution in [0.15, 0.2) is 24.9 Å². The van der Waals surface area contributed by atoms with Crippen LogP contribution in [0.1, 0.15) is 25.6 Å². The molecule has 0 unspecified atom stereocenters. The Kier molecular flexibility index (Phi) is 4.39. The highest BCUT2D eigenvalue weighted by molar-refractivity contribution is 5.75. The van der Waals surface area contributed by atoms with Gasteiger partial charge in [0.1, 0.15) is 6.54 Å². The van der Waals surface area contributed by atoms with E-state index in [9.17, 15) is 4.79 Å². The molecule has 0 aliphatic carbocycles. The third-order valence-electron chi connectivity index (χ3n) is 2.99. The third-order valence-corrected chi connectivity index (χ3v) is 2.99. The third kappa shape index (κ3) is 3.37. The fourth-order valence-corrected chi connectivity index (χ4v) is 1.89. The molecular formula is C13H20N6O. The minimum Gasteiger partial charge on any atom is -0.377 e. The maximum Gasteiger partial charge on any atom is 0.241 e. The van der Waals surface area contributed by atoms with Gasteiger partial charge < -0.3 is 15.2 Å². The van der Waals surface area contributed by atoms with Crippen LogP contribution in [0.5, 0.6) is 0 Å². The number of hydrogen-bond acceptors (Lipinski definition) is 4. The Labute approximate surface area is 118 Å². The Hall–Kier alpha value is -2.31. The highest BCUT2D eigenvalue weighted by atomic mass is 16.1. The second-order valence-electron chi connectivity index (χ2n) is 4.84. The van der Waals surface area contributed by atoms with Gasteiger partial charge in [0.2, 0.25) is 5.91 Å². The van der Waals surface area contributed by atoms with Crippen molar-refractivity contribution in [3.05, 3.63) is 30.6 Å². The first-order valence-corrected chi connectivity index (χ1v) is 6.57. The van der Waals surface area contributed by atoms with Gasteiger partial charge in [-0.15, -0.1) is 0 Å². The molecular weight excluding hydrogens is 256 g/mol. The molecule has 7 nitrogen and oxygen atoms in total. The SMILES string of the molecule is CNC(=O)Cn1cc(NCc2cncn2C(C)C)cn1. The maximum atomic E-state index is 11.3. The van der Waals surface area contributed by atoms with Crippen molar-refractivity contribution in [2.75, 3.05) is 12.4 Å². The van der Waals surface area contributed by atoms with Crippen molar-refractivity contribution in [3.8, 4) is 0 Å². The number of aromatic nitrogens is 4. The summed E-state index contributed by atoms with van der Waals surface area (Å²) in [5.41, 5.74) is 1.99. The van der Waals surface area contributed by atoms with Gasteiger partial charge in [-0.05, 0) is 13.8 Å². The van der Waals surface area contributed by atoms with Crippen molar-refractivity contribution >= 4 is 11.6 Å². The van der Waals surface area contributed by atoms with Gasteiger partial charge in [0.25, 0.3) is 0 Å². The van der Waals surface area contributed by atoms with Crippen molar-refractivity contribution < 1.29 is 4.79 Å². The number of likely N-dealkylation sites (N-methyl/N-ethyl adjacent to an activating group) is 1. The lowest BCUT2D eigenvalue weighted by atomic mass is 10.3. The van der Waals surface area contributed by atoms with Crippen LogP contribution in [-0.2, 0) is 17.9 Å². The van der Waals surface area contributed by atoms with E-state index in [-0.39, 0.29) is 12.5 Å². The van der Waals surface area contributed by atoms with Gasteiger partial charge in [-0.1, -0.05) is 0 Å². The van der Waals surface area contributed by atoms with E-state index < -0.39 is 0 Å². The van der Waals surface area contributed by atoms with Crippen LogP contribution in [0, 0.1) is 0 Å². The molecule has 108 valence electrons. The molecule has 0 bridgehead atoms. The number of carbonyl (C=O) groups excluding carboxylic acids is 1. The van der Waals surface area contributed by atoms with Crippen molar-refractivity contribution in [2.45, 2.75) is 33.0 Å². The number of hydrogen-bond donors (Lipinski definition) is 2. The molecule has 0 spiro atoms. The predicted molar refractivity (Wildman–Crippen MR) is 76.2 cm³/mol. The highest BCUT2D eigenvalue weighted by Crippen LogP contribution is 2.12. The van der Waals surface area contributed by atoms with Gasteiger partial charge in [-0.2, -0.15) is 5.10 Å². The van der Waals surface area contributed by atoms with Crippen LogP contribution in [0.25, 0.3) is 0 Å². The standard InChI is InChI=1S/C13H20N6O/c1-10(2)19-9-15-5-12(19)6-16-11-4-17-18(7-11)8-13(20)14-3/h4-5,7,9-10,16H,6,8H2,1-3H3,(H,14,20). The van der Waals surface area contributed by atoms with E-state index in [0.717, 1.165) is 11.4 Å². The molecule has 0 saturated heterocycles.